The Kier molecular flexibility index (Phi) is 5.63. The van der Waals surface area contributed by atoms with Crippen LogP contribution >= 0.6 is 11.3 Å². The van der Waals surface area contributed by atoms with E-state index in [1.54, 1.807) is 17.5 Å². The van der Waals surface area contributed by atoms with Gasteiger partial charge in [0.2, 0.25) is 5.96 Å². The zero-order valence-corrected chi connectivity index (χ0v) is 16.4. The summed E-state index contributed by atoms with van der Waals surface area (Å²) in [7, 11) is 0. The molecule has 1 aliphatic rings. The lowest BCUT2D eigenvalue weighted by Gasteiger charge is -2.20. The van der Waals surface area contributed by atoms with Gasteiger partial charge in [-0.3, -0.25) is 9.98 Å². The number of benzene rings is 1. The Morgan fingerprint density at radius 1 is 1.19 bits per heavy atom. The van der Waals surface area contributed by atoms with E-state index in [0.717, 1.165) is 39.9 Å². The second-order valence-electron chi connectivity index (χ2n) is 7.11. The van der Waals surface area contributed by atoms with Crippen LogP contribution in [-0.2, 0) is 0 Å². The van der Waals surface area contributed by atoms with Gasteiger partial charge in [0, 0.05) is 29.2 Å². The minimum atomic E-state index is 0.685. The molecule has 5 nitrogen and oxygen atoms in total. The molecule has 1 aromatic carbocycles. The third kappa shape index (κ3) is 4.63. The van der Waals surface area contributed by atoms with Crippen LogP contribution in [-0.4, -0.2) is 22.5 Å². The first-order chi connectivity index (χ1) is 13.3. The van der Waals surface area contributed by atoms with Crippen LogP contribution in [0.15, 0.2) is 46.9 Å². The van der Waals surface area contributed by atoms with Crippen molar-refractivity contribution in [1.29, 1.82) is 0 Å². The number of hydrogen-bond acceptors (Lipinski definition) is 4. The highest BCUT2D eigenvalue weighted by atomic mass is 32.1. The third-order valence-electron chi connectivity index (χ3n) is 4.99. The van der Waals surface area contributed by atoms with E-state index in [1.165, 1.54) is 32.1 Å². The van der Waals surface area contributed by atoms with Crippen molar-refractivity contribution in [2.75, 3.05) is 17.2 Å². The number of hydrogen-bond donors (Lipinski definition) is 2. The summed E-state index contributed by atoms with van der Waals surface area (Å²) in [5.74, 6) is 1.44. The first-order valence-electron chi connectivity index (χ1n) is 9.62. The molecule has 6 heteroatoms. The van der Waals surface area contributed by atoms with E-state index < -0.39 is 0 Å². The van der Waals surface area contributed by atoms with Crippen LogP contribution in [0.5, 0.6) is 0 Å². The SMILES string of the molecule is Cc1cc(NC(=NCC2CCCCC2)Nc2nccs2)c2ccccc2n1. The predicted octanol–water partition coefficient (Wildman–Crippen LogP) is 5.46. The van der Waals surface area contributed by atoms with Crippen molar-refractivity contribution in [2.24, 2.45) is 10.9 Å². The molecule has 0 spiro atoms. The molecule has 1 aliphatic carbocycles. The molecule has 0 amide bonds. The average Bonchev–Trinajstić information content (AvgIpc) is 3.20. The number of pyridine rings is 1. The second kappa shape index (κ2) is 8.48. The number of anilines is 2. The Hall–Kier alpha value is -2.47. The molecule has 0 aliphatic heterocycles. The lowest BCUT2D eigenvalue weighted by molar-refractivity contribution is 0.367. The van der Waals surface area contributed by atoms with E-state index in [1.807, 2.05) is 30.5 Å². The minimum absolute atomic E-state index is 0.685. The molecule has 2 aromatic heterocycles. The number of aliphatic imine (C=N–C) groups is 1. The third-order valence-corrected chi connectivity index (χ3v) is 5.68. The van der Waals surface area contributed by atoms with E-state index in [4.69, 9.17) is 4.99 Å². The molecule has 0 saturated heterocycles. The fourth-order valence-corrected chi connectivity index (χ4v) is 4.15. The molecule has 0 atom stereocenters. The summed E-state index contributed by atoms with van der Waals surface area (Å²) in [6.45, 7) is 2.87. The van der Waals surface area contributed by atoms with E-state index in [0.29, 0.717) is 5.92 Å². The summed E-state index contributed by atoms with van der Waals surface area (Å²) in [5, 5.41) is 10.8. The van der Waals surface area contributed by atoms with Gasteiger partial charge in [0.1, 0.15) is 0 Å². The summed E-state index contributed by atoms with van der Waals surface area (Å²) >= 11 is 1.57. The predicted molar refractivity (Wildman–Crippen MR) is 115 cm³/mol. The van der Waals surface area contributed by atoms with Crippen molar-refractivity contribution < 1.29 is 0 Å². The molecule has 3 aromatic rings. The standard InChI is InChI=1S/C21H25N5S/c1-15-13-19(17-9-5-6-10-18(17)24-15)25-20(26-21-22-11-12-27-21)23-14-16-7-3-2-4-8-16/h5-6,9-13,16H,2-4,7-8,14H2,1H3,(H2,22,23,24,25,26). The Labute approximate surface area is 164 Å². The van der Waals surface area contributed by atoms with Gasteiger partial charge in [0.05, 0.1) is 11.2 Å². The van der Waals surface area contributed by atoms with Crippen molar-refractivity contribution >= 4 is 39.0 Å². The zero-order valence-electron chi connectivity index (χ0n) is 15.6. The number of aromatic nitrogens is 2. The monoisotopic (exact) mass is 379 g/mol. The molecule has 4 rings (SSSR count). The summed E-state index contributed by atoms with van der Waals surface area (Å²) in [4.78, 5) is 13.9. The molecule has 2 N–H and O–H groups in total. The van der Waals surface area contributed by atoms with Crippen LogP contribution < -0.4 is 10.6 Å². The van der Waals surface area contributed by atoms with Gasteiger partial charge < -0.3 is 10.6 Å². The molecule has 2 heterocycles. The van der Waals surface area contributed by atoms with Gasteiger partial charge in [-0.05, 0) is 37.8 Å². The Morgan fingerprint density at radius 2 is 2.04 bits per heavy atom. The number of rotatable bonds is 4. The highest BCUT2D eigenvalue weighted by Crippen LogP contribution is 2.25. The number of thiazole rings is 1. The van der Waals surface area contributed by atoms with E-state index in [2.05, 4.69) is 32.7 Å². The number of fused-ring (bicyclic) bond motifs is 1. The number of guanidine groups is 1. The van der Waals surface area contributed by atoms with Gasteiger partial charge in [0.15, 0.2) is 5.13 Å². The molecule has 140 valence electrons. The maximum absolute atomic E-state index is 4.89. The van der Waals surface area contributed by atoms with Crippen molar-refractivity contribution in [3.63, 3.8) is 0 Å². The maximum Gasteiger partial charge on any atom is 0.202 e. The summed E-state index contributed by atoms with van der Waals surface area (Å²) < 4.78 is 0. The number of para-hydroxylation sites is 1. The summed E-state index contributed by atoms with van der Waals surface area (Å²) in [6.07, 6.45) is 8.40. The van der Waals surface area contributed by atoms with Crippen LogP contribution in [0.25, 0.3) is 10.9 Å². The average molecular weight is 380 g/mol. The van der Waals surface area contributed by atoms with Crippen LogP contribution in [0.2, 0.25) is 0 Å². The molecular formula is C21H25N5S. The van der Waals surface area contributed by atoms with E-state index in [-0.39, 0.29) is 0 Å². The normalized spacial score (nSPS) is 15.8. The molecule has 0 unspecified atom stereocenters. The van der Waals surface area contributed by atoms with Gasteiger partial charge >= 0.3 is 0 Å². The van der Waals surface area contributed by atoms with Crippen molar-refractivity contribution in [3.8, 4) is 0 Å². The van der Waals surface area contributed by atoms with Crippen molar-refractivity contribution in [3.05, 3.63) is 47.6 Å². The summed E-state index contributed by atoms with van der Waals surface area (Å²) in [6, 6.07) is 10.3. The van der Waals surface area contributed by atoms with Gasteiger partial charge in [-0.15, -0.1) is 11.3 Å². The molecular weight excluding hydrogens is 354 g/mol. The van der Waals surface area contributed by atoms with Crippen LogP contribution in [0.1, 0.15) is 37.8 Å². The Balaban J connectivity index is 1.60. The fraction of sp³-hybridized carbons (Fsp3) is 0.381. The van der Waals surface area contributed by atoms with Crippen LogP contribution in [0.4, 0.5) is 10.8 Å². The molecule has 0 radical (unpaired) electrons. The first kappa shape index (κ1) is 17.9. The lowest BCUT2D eigenvalue weighted by Crippen LogP contribution is -2.24. The zero-order chi connectivity index (χ0) is 18.5. The van der Waals surface area contributed by atoms with Gasteiger partial charge in [0.25, 0.3) is 0 Å². The smallest absolute Gasteiger partial charge is 0.202 e. The van der Waals surface area contributed by atoms with E-state index in [9.17, 15) is 0 Å². The highest BCUT2D eigenvalue weighted by Gasteiger charge is 2.14. The lowest BCUT2D eigenvalue weighted by atomic mass is 9.89. The second-order valence-corrected chi connectivity index (χ2v) is 8.00. The van der Waals surface area contributed by atoms with Crippen LogP contribution in [0.3, 0.4) is 0 Å². The molecule has 1 fully saturated rings. The molecule has 0 bridgehead atoms. The molecule has 27 heavy (non-hydrogen) atoms. The van der Waals surface area contributed by atoms with Gasteiger partial charge in [-0.2, -0.15) is 0 Å². The summed E-state index contributed by atoms with van der Waals surface area (Å²) in [5.41, 5.74) is 2.99. The highest BCUT2D eigenvalue weighted by molar-refractivity contribution is 7.13. The largest absolute Gasteiger partial charge is 0.325 e. The maximum atomic E-state index is 4.89. The molecule has 1 saturated carbocycles. The topological polar surface area (TPSA) is 62.2 Å². The van der Waals surface area contributed by atoms with E-state index >= 15 is 0 Å². The van der Waals surface area contributed by atoms with Crippen molar-refractivity contribution in [2.45, 2.75) is 39.0 Å². The number of aryl methyl sites for hydroxylation is 1. The number of nitrogens with one attached hydrogen (secondary N) is 2. The van der Waals surface area contributed by atoms with Crippen LogP contribution in [0, 0.1) is 12.8 Å². The number of nitrogens with zero attached hydrogens (tertiary/aromatic N) is 3. The Morgan fingerprint density at radius 3 is 2.85 bits per heavy atom. The quantitative estimate of drug-likeness (QED) is 0.467. The first-order valence-corrected chi connectivity index (χ1v) is 10.5. The minimum Gasteiger partial charge on any atom is -0.325 e. The van der Waals surface area contributed by atoms with Gasteiger partial charge in [-0.25, -0.2) is 4.98 Å². The van der Waals surface area contributed by atoms with Gasteiger partial charge in [-0.1, -0.05) is 37.5 Å². The fourth-order valence-electron chi connectivity index (χ4n) is 3.63. The van der Waals surface area contributed by atoms with Crippen molar-refractivity contribution in [1.82, 2.24) is 9.97 Å². The Bertz CT molecular complexity index is 913.